The first-order valence-electron chi connectivity index (χ1n) is 27.0. The van der Waals surface area contributed by atoms with Crippen molar-refractivity contribution < 1.29 is 38.7 Å². The van der Waals surface area contributed by atoms with Crippen LogP contribution in [0.15, 0.2) is 61.3 Å². The van der Waals surface area contributed by atoms with Gasteiger partial charge in [0.1, 0.15) is 17.6 Å². The lowest BCUT2D eigenvalue weighted by atomic mass is 9.90. The Morgan fingerprint density at radius 1 is 0.870 bits per heavy atom. The Bertz CT molecular complexity index is 3140. The van der Waals surface area contributed by atoms with Gasteiger partial charge in [-0.2, -0.15) is 0 Å². The molecule has 0 spiro atoms. The third-order valence-electron chi connectivity index (χ3n) is 17.1. The number of aliphatic hydroxyl groups excluding tert-OH is 1. The predicted molar refractivity (Wildman–Crippen MR) is 288 cm³/mol. The van der Waals surface area contributed by atoms with Crippen molar-refractivity contribution in [2.75, 3.05) is 71.2 Å². The van der Waals surface area contributed by atoms with E-state index in [1.54, 1.807) is 18.2 Å². The molecule has 4 aromatic rings. The van der Waals surface area contributed by atoms with Crippen LogP contribution in [0.4, 0.5) is 34.4 Å². The molecule has 21 heteroatoms. The fourth-order valence-corrected chi connectivity index (χ4v) is 13.4. The summed E-state index contributed by atoms with van der Waals surface area (Å²) in [4.78, 5) is 113. The van der Waals surface area contributed by atoms with Gasteiger partial charge in [-0.3, -0.25) is 48.7 Å². The molecule has 7 amide bonds. The van der Waals surface area contributed by atoms with Gasteiger partial charge in [0, 0.05) is 87.4 Å². The quantitative estimate of drug-likeness (QED) is 0.1000. The maximum Gasteiger partial charge on any atom is 0.271 e. The van der Waals surface area contributed by atoms with E-state index >= 15 is 0 Å². The number of rotatable bonds is 12. The van der Waals surface area contributed by atoms with Gasteiger partial charge in [-0.15, -0.1) is 0 Å². The Labute approximate surface area is 446 Å². The van der Waals surface area contributed by atoms with Crippen molar-refractivity contribution in [3.05, 3.63) is 95.1 Å². The average Bonchev–Trinajstić information content (AvgIpc) is 4.07. The summed E-state index contributed by atoms with van der Waals surface area (Å²) in [5.74, 6) is -2.81. The predicted octanol–water partition coefficient (Wildman–Crippen LogP) is 3.82. The normalized spacial score (nSPS) is 25.4. The number of carbonyl (C=O) groups excluding carboxylic acids is 7. The fourth-order valence-electron chi connectivity index (χ4n) is 13.4. The molecular weight excluding hydrogens is 983 g/mol. The SMILES string of the molecule is C=CC(=O)Nc1cc(Nc2nc(N3CCCC(N4CCn5c(cc6c5CC(C)(C)C6)C4=O)C3CO)cnc2C(N)=O)ccc1N1CCN(C2CCN(c3ccc4c(c3)C(=O)N(C3CCC(=O)NC3=O)C4=O)[C@H](C)C2)C[C@@H]1C. The Morgan fingerprint density at radius 2 is 1.66 bits per heavy atom. The smallest absolute Gasteiger partial charge is 0.271 e. The summed E-state index contributed by atoms with van der Waals surface area (Å²) in [7, 11) is 0. The molecule has 0 radical (unpaired) electrons. The molecule has 7 aliphatic rings. The number of nitrogens with zero attached hydrogens (tertiary/aromatic N) is 9. The highest BCUT2D eigenvalue weighted by Crippen LogP contribution is 2.41. The number of aliphatic hydroxyl groups is 1. The van der Waals surface area contributed by atoms with Crippen molar-refractivity contribution in [1.82, 2.24) is 34.6 Å². The summed E-state index contributed by atoms with van der Waals surface area (Å²) in [6.45, 7) is 17.0. The van der Waals surface area contributed by atoms with Crippen LogP contribution in [0, 0.1) is 5.41 Å². The summed E-state index contributed by atoms with van der Waals surface area (Å²) >= 11 is 0. The molecule has 8 heterocycles. The Morgan fingerprint density at radius 3 is 2.40 bits per heavy atom. The zero-order chi connectivity index (χ0) is 54.2. The van der Waals surface area contributed by atoms with Crippen LogP contribution in [0.5, 0.6) is 0 Å². The van der Waals surface area contributed by atoms with E-state index in [2.05, 4.69) is 80.5 Å². The minimum absolute atomic E-state index is 0.0314. The average molecular weight is 1050 g/mol. The van der Waals surface area contributed by atoms with E-state index in [-0.39, 0.29) is 77.6 Å². The van der Waals surface area contributed by atoms with Crippen molar-refractivity contribution in [3.63, 3.8) is 0 Å². The molecule has 1 aliphatic carbocycles. The van der Waals surface area contributed by atoms with Crippen LogP contribution in [-0.4, -0.2) is 158 Å². The third kappa shape index (κ3) is 9.35. The summed E-state index contributed by atoms with van der Waals surface area (Å²) in [6.07, 6.45) is 7.91. The van der Waals surface area contributed by atoms with E-state index in [0.29, 0.717) is 55.5 Å². The van der Waals surface area contributed by atoms with Crippen molar-refractivity contribution in [3.8, 4) is 0 Å². The van der Waals surface area contributed by atoms with Gasteiger partial charge in [-0.1, -0.05) is 20.4 Å². The molecule has 4 fully saturated rings. The maximum atomic E-state index is 14.2. The Hall–Kier alpha value is -7.65. The van der Waals surface area contributed by atoms with Crippen molar-refractivity contribution >= 4 is 75.7 Å². The summed E-state index contributed by atoms with van der Waals surface area (Å²) in [6, 6.07) is 11.5. The van der Waals surface area contributed by atoms with Gasteiger partial charge in [0.25, 0.3) is 23.6 Å². The van der Waals surface area contributed by atoms with Gasteiger partial charge in [0.15, 0.2) is 11.5 Å². The van der Waals surface area contributed by atoms with Crippen LogP contribution in [0.25, 0.3) is 0 Å². The number of piperidine rings is 3. The zero-order valence-electron chi connectivity index (χ0n) is 44.1. The van der Waals surface area contributed by atoms with Gasteiger partial charge >= 0.3 is 0 Å². The monoisotopic (exact) mass is 1050 g/mol. The molecule has 6 N–H and O–H groups in total. The molecule has 2 aromatic carbocycles. The number of hydrogen-bond donors (Lipinski definition) is 5. The number of imide groups is 2. The first-order valence-corrected chi connectivity index (χ1v) is 27.0. The van der Waals surface area contributed by atoms with Gasteiger partial charge < -0.3 is 45.6 Å². The van der Waals surface area contributed by atoms with E-state index in [4.69, 9.17) is 10.7 Å². The van der Waals surface area contributed by atoms with E-state index in [0.717, 1.165) is 68.0 Å². The lowest BCUT2D eigenvalue weighted by molar-refractivity contribution is -0.136. The van der Waals surface area contributed by atoms with E-state index < -0.39 is 47.5 Å². The molecule has 4 saturated heterocycles. The van der Waals surface area contributed by atoms with Crippen molar-refractivity contribution in [2.45, 2.75) is 122 Å². The molecule has 21 nitrogen and oxygen atoms in total. The topological polar surface area (TPSA) is 252 Å². The molecule has 2 aromatic heterocycles. The molecule has 11 rings (SSSR count). The molecule has 6 aliphatic heterocycles. The first-order chi connectivity index (χ1) is 36.9. The van der Waals surface area contributed by atoms with E-state index in [1.807, 2.05) is 28.0 Å². The second-order valence-electron chi connectivity index (χ2n) is 22.6. The van der Waals surface area contributed by atoms with E-state index in [1.165, 1.54) is 23.5 Å². The molecule has 4 unspecified atom stereocenters. The Balaban J connectivity index is 0.763. The summed E-state index contributed by atoms with van der Waals surface area (Å²) in [5, 5.41) is 19.5. The number of primary amides is 1. The molecule has 0 bridgehead atoms. The third-order valence-corrected chi connectivity index (χ3v) is 17.1. The molecular formula is C56H67N13O8. The number of aromatic nitrogens is 3. The minimum atomic E-state index is -1.02. The highest BCUT2D eigenvalue weighted by Gasteiger charge is 2.46. The first kappa shape index (κ1) is 51.5. The fraction of sp³-hybridized carbons (Fsp3) is 0.482. The standard InChI is InChI=1S/C56H67N13O8/c1-6-47(71)60-39-24-34(59-51-49(50(57)73)58-28-46(61-51)67-16-7-8-41(45(67)30-70)68-21-20-66-43(55(68)77)23-33-26-56(4,5)27-44(33)66)9-12-40(39)65-19-18-63(29-32(65)3)35-15-17-64(31(2)22-35)36-10-11-37-38(25-36)54(76)69(53(37)75)42-13-14-48(72)62-52(42)74/h6,9-12,23-25,28,31-32,35,41-42,45,70H,1,7-8,13-22,26-27,29-30H2,2-5H3,(H2,57,73)(H,59,61)(H,60,71)(H,62,72,74)/t31-,32+,35?,41?,42?,45?/m1/s1. The number of anilines is 6. The number of fused-ring (bicyclic) bond motifs is 4. The van der Waals surface area contributed by atoms with Gasteiger partial charge in [0.05, 0.1) is 47.4 Å². The van der Waals surface area contributed by atoms with Crippen LogP contribution in [-0.2, 0) is 33.8 Å². The molecule has 77 heavy (non-hydrogen) atoms. The number of carbonyl (C=O) groups is 7. The van der Waals surface area contributed by atoms with Crippen LogP contribution < -0.4 is 36.4 Å². The van der Waals surface area contributed by atoms with Gasteiger partial charge in [-0.25, -0.2) is 9.97 Å². The van der Waals surface area contributed by atoms with Crippen molar-refractivity contribution in [2.24, 2.45) is 11.1 Å². The lowest BCUT2D eigenvalue weighted by Crippen LogP contribution is -2.60. The lowest BCUT2D eigenvalue weighted by Gasteiger charge is -2.48. The number of benzene rings is 2. The highest BCUT2D eigenvalue weighted by molar-refractivity contribution is 6.23. The Kier molecular flexibility index (Phi) is 13.4. The van der Waals surface area contributed by atoms with Gasteiger partial charge in [0.2, 0.25) is 17.7 Å². The number of nitrogens with one attached hydrogen (secondary N) is 3. The second kappa shape index (κ2) is 20.1. The highest BCUT2D eigenvalue weighted by atomic mass is 16.3. The van der Waals surface area contributed by atoms with Crippen LogP contribution in [0.2, 0.25) is 0 Å². The molecule has 0 saturated carbocycles. The largest absolute Gasteiger partial charge is 0.394 e. The number of amides is 7. The van der Waals surface area contributed by atoms with E-state index in [9.17, 15) is 38.7 Å². The zero-order valence-corrected chi connectivity index (χ0v) is 44.1. The minimum Gasteiger partial charge on any atom is -0.394 e. The molecule has 6 atom stereocenters. The number of piperazine rings is 1. The van der Waals surface area contributed by atoms with Crippen LogP contribution in [0.3, 0.4) is 0 Å². The summed E-state index contributed by atoms with van der Waals surface area (Å²) < 4.78 is 2.19. The van der Waals surface area contributed by atoms with Crippen molar-refractivity contribution in [1.29, 1.82) is 0 Å². The van der Waals surface area contributed by atoms with Crippen LogP contribution >= 0.6 is 0 Å². The number of nitrogens with two attached hydrogens (primary N) is 1. The second-order valence-corrected chi connectivity index (χ2v) is 22.6. The van der Waals surface area contributed by atoms with Crippen LogP contribution in [0.1, 0.15) is 119 Å². The van der Waals surface area contributed by atoms with Gasteiger partial charge in [-0.05, 0) is 118 Å². The maximum absolute atomic E-state index is 14.2. The summed E-state index contributed by atoms with van der Waals surface area (Å²) in [5.41, 5.74) is 12.3. The molecule has 404 valence electrons. The number of hydrogen-bond acceptors (Lipinski definition) is 15.